The summed E-state index contributed by atoms with van der Waals surface area (Å²) in [5.74, 6) is -1.05. The minimum atomic E-state index is -0.781. The van der Waals surface area contributed by atoms with E-state index in [-0.39, 0.29) is 11.1 Å². The fraction of sp³-hybridized carbons (Fsp3) is 0.0500. The van der Waals surface area contributed by atoms with Crippen LogP contribution in [0.2, 0.25) is 0 Å². The minimum absolute atomic E-state index is 0.141. The van der Waals surface area contributed by atoms with E-state index >= 15 is 0 Å². The number of carbonyl (C=O) groups is 1. The van der Waals surface area contributed by atoms with Gasteiger partial charge in [-0.15, -0.1) is 0 Å². The molecule has 0 fully saturated rings. The zero-order valence-electron chi connectivity index (χ0n) is 14.3. The van der Waals surface area contributed by atoms with E-state index in [1.165, 1.54) is 35.7 Å². The standard InChI is InChI=1S/C20H14FN3O2S/c1-13-2-6-16(7-3-13)27-19-9-5-15(26-19)12-23-24-20(25)17-8-4-14(11-22)10-18(17)21/h2-10,12H,1H3,(H,24,25)/b23-12-. The number of carbonyl (C=O) groups excluding carboxylic acids is 1. The summed E-state index contributed by atoms with van der Waals surface area (Å²) in [4.78, 5) is 13.0. The molecular formula is C20H14FN3O2S. The van der Waals surface area contributed by atoms with Crippen molar-refractivity contribution >= 4 is 23.9 Å². The number of amides is 1. The van der Waals surface area contributed by atoms with Crippen LogP contribution >= 0.6 is 11.8 Å². The normalized spacial score (nSPS) is 10.7. The lowest BCUT2D eigenvalue weighted by molar-refractivity contribution is 0.0951. The van der Waals surface area contributed by atoms with Crippen molar-refractivity contribution in [2.45, 2.75) is 16.9 Å². The number of nitriles is 1. The van der Waals surface area contributed by atoms with Crippen molar-refractivity contribution in [3.63, 3.8) is 0 Å². The lowest BCUT2D eigenvalue weighted by atomic mass is 10.1. The molecule has 0 aliphatic rings. The lowest BCUT2D eigenvalue weighted by Crippen LogP contribution is -2.19. The smallest absolute Gasteiger partial charge is 0.274 e. The molecule has 0 atom stereocenters. The van der Waals surface area contributed by atoms with Crippen LogP contribution in [-0.4, -0.2) is 12.1 Å². The Morgan fingerprint density at radius 1 is 1.22 bits per heavy atom. The summed E-state index contributed by atoms with van der Waals surface area (Å²) in [5, 5.41) is 13.2. The summed E-state index contributed by atoms with van der Waals surface area (Å²) < 4.78 is 19.4. The maximum Gasteiger partial charge on any atom is 0.274 e. The molecule has 27 heavy (non-hydrogen) atoms. The Labute approximate surface area is 159 Å². The Morgan fingerprint density at radius 2 is 2.00 bits per heavy atom. The Balaban J connectivity index is 1.60. The van der Waals surface area contributed by atoms with E-state index in [0.29, 0.717) is 10.9 Å². The van der Waals surface area contributed by atoms with Gasteiger partial charge in [-0.2, -0.15) is 10.4 Å². The third-order valence-corrected chi connectivity index (χ3v) is 4.47. The van der Waals surface area contributed by atoms with E-state index in [4.69, 9.17) is 9.68 Å². The van der Waals surface area contributed by atoms with Gasteiger partial charge in [0.2, 0.25) is 0 Å². The molecule has 3 rings (SSSR count). The van der Waals surface area contributed by atoms with Gasteiger partial charge < -0.3 is 4.42 Å². The van der Waals surface area contributed by atoms with E-state index in [0.717, 1.165) is 11.0 Å². The summed E-state index contributed by atoms with van der Waals surface area (Å²) in [6.07, 6.45) is 1.33. The molecule has 0 saturated heterocycles. The van der Waals surface area contributed by atoms with E-state index < -0.39 is 11.7 Å². The second kappa shape index (κ2) is 8.34. The second-order valence-electron chi connectivity index (χ2n) is 5.58. The van der Waals surface area contributed by atoms with Crippen molar-refractivity contribution in [1.29, 1.82) is 5.26 Å². The molecule has 2 aromatic carbocycles. The van der Waals surface area contributed by atoms with Gasteiger partial charge in [-0.05, 0) is 49.4 Å². The highest BCUT2D eigenvalue weighted by atomic mass is 32.2. The van der Waals surface area contributed by atoms with Gasteiger partial charge in [0.25, 0.3) is 5.91 Å². The first-order valence-corrected chi connectivity index (χ1v) is 8.74. The number of hydrogen-bond acceptors (Lipinski definition) is 5. The number of halogens is 1. The first kappa shape index (κ1) is 18.4. The number of nitrogens with one attached hydrogen (secondary N) is 1. The number of furan rings is 1. The molecule has 0 bridgehead atoms. The predicted molar refractivity (Wildman–Crippen MR) is 100 cm³/mol. The van der Waals surface area contributed by atoms with Crippen LogP contribution < -0.4 is 5.43 Å². The molecule has 1 N–H and O–H groups in total. The molecule has 1 heterocycles. The van der Waals surface area contributed by atoms with Crippen LogP contribution in [0.15, 0.2) is 74.1 Å². The molecule has 3 aromatic rings. The molecule has 0 radical (unpaired) electrons. The summed E-state index contributed by atoms with van der Waals surface area (Å²) in [6.45, 7) is 2.02. The summed E-state index contributed by atoms with van der Waals surface area (Å²) in [5.41, 5.74) is 3.36. The third kappa shape index (κ3) is 4.84. The van der Waals surface area contributed by atoms with Gasteiger partial charge in [-0.1, -0.05) is 29.5 Å². The van der Waals surface area contributed by atoms with E-state index in [1.807, 2.05) is 31.2 Å². The Hall–Kier alpha value is -3.37. The fourth-order valence-electron chi connectivity index (χ4n) is 2.16. The number of rotatable bonds is 5. The maximum atomic E-state index is 13.8. The SMILES string of the molecule is Cc1ccc(Sc2ccc(/C=N\NC(=O)c3ccc(C#N)cc3F)o2)cc1. The number of aryl methyl sites for hydroxylation is 1. The zero-order chi connectivity index (χ0) is 19.2. The fourth-order valence-corrected chi connectivity index (χ4v) is 2.94. The molecule has 134 valence electrons. The molecule has 0 saturated carbocycles. The topological polar surface area (TPSA) is 78.4 Å². The van der Waals surface area contributed by atoms with E-state index in [9.17, 15) is 9.18 Å². The van der Waals surface area contributed by atoms with Crippen molar-refractivity contribution < 1.29 is 13.6 Å². The van der Waals surface area contributed by atoms with Crippen molar-refractivity contribution in [3.8, 4) is 6.07 Å². The van der Waals surface area contributed by atoms with Gasteiger partial charge in [0.05, 0.1) is 23.4 Å². The first-order valence-electron chi connectivity index (χ1n) is 7.92. The molecule has 1 aromatic heterocycles. The van der Waals surface area contributed by atoms with Gasteiger partial charge >= 0.3 is 0 Å². The monoisotopic (exact) mass is 379 g/mol. The first-order chi connectivity index (χ1) is 13.0. The zero-order valence-corrected chi connectivity index (χ0v) is 15.1. The van der Waals surface area contributed by atoms with Crippen LogP contribution in [0.3, 0.4) is 0 Å². The maximum absolute atomic E-state index is 13.8. The Bertz CT molecular complexity index is 1040. The minimum Gasteiger partial charge on any atom is -0.448 e. The highest BCUT2D eigenvalue weighted by molar-refractivity contribution is 7.99. The quantitative estimate of drug-likeness (QED) is 0.522. The number of nitrogens with zero attached hydrogens (tertiary/aromatic N) is 2. The van der Waals surface area contributed by atoms with Crippen LogP contribution in [0, 0.1) is 24.1 Å². The number of benzene rings is 2. The highest BCUT2D eigenvalue weighted by Gasteiger charge is 2.11. The molecule has 0 spiro atoms. The van der Waals surface area contributed by atoms with Crippen molar-refractivity contribution in [2.75, 3.05) is 0 Å². The van der Waals surface area contributed by atoms with Gasteiger partial charge in [0, 0.05) is 4.90 Å². The van der Waals surface area contributed by atoms with Crippen molar-refractivity contribution in [1.82, 2.24) is 5.43 Å². The summed E-state index contributed by atoms with van der Waals surface area (Å²) in [6, 6.07) is 17.0. The van der Waals surface area contributed by atoms with Crippen LogP contribution in [0.25, 0.3) is 0 Å². The molecule has 0 aliphatic carbocycles. The van der Waals surface area contributed by atoms with Crippen LogP contribution in [0.4, 0.5) is 4.39 Å². The molecule has 0 unspecified atom stereocenters. The molecular weight excluding hydrogens is 365 g/mol. The molecule has 1 amide bonds. The lowest BCUT2D eigenvalue weighted by Gasteiger charge is -2.01. The van der Waals surface area contributed by atoms with Gasteiger partial charge in [-0.25, -0.2) is 9.82 Å². The Kier molecular flexibility index (Phi) is 5.69. The van der Waals surface area contributed by atoms with Crippen LogP contribution in [0.5, 0.6) is 0 Å². The number of hydrogen-bond donors (Lipinski definition) is 1. The van der Waals surface area contributed by atoms with E-state index in [1.54, 1.807) is 18.2 Å². The van der Waals surface area contributed by atoms with Gasteiger partial charge in [0.15, 0.2) is 5.09 Å². The van der Waals surface area contributed by atoms with E-state index in [2.05, 4.69) is 10.5 Å². The average Bonchev–Trinajstić information content (AvgIpc) is 3.10. The molecule has 5 nitrogen and oxygen atoms in total. The Morgan fingerprint density at radius 3 is 2.70 bits per heavy atom. The van der Waals surface area contributed by atoms with Crippen molar-refractivity contribution in [3.05, 3.63) is 82.9 Å². The molecule has 0 aliphatic heterocycles. The predicted octanol–water partition coefficient (Wildman–Crippen LogP) is 4.51. The second-order valence-corrected chi connectivity index (χ2v) is 6.66. The molecule has 7 heteroatoms. The number of hydrazone groups is 1. The summed E-state index contributed by atoms with van der Waals surface area (Å²) in [7, 11) is 0. The van der Waals surface area contributed by atoms with Crippen LogP contribution in [0.1, 0.15) is 27.2 Å². The summed E-state index contributed by atoms with van der Waals surface area (Å²) >= 11 is 1.47. The van der Waals surface area contributed by atoms with Crippen LogP contribution in [-0.2, 0) is 0 Å². The highest BCUT2D eigenvalue weighted by Crippen LogP contribution is 2.28. The average molecular weight is 379 g/mol. The van der Waals surface area contributed by atoms with Gasteiger partial charge in [0.1, 0.15) is 11.6 Å². The van der Waals surface area contributed by atoms with Gasteiger partial charge in [-0.3, -0.25) is 4.79 Å². The largest absolute Gasteiger partial charge is 0.448 e. The van der Waals surface area contributed by atoms with Crippen molar-refractivity contribution in [2.24, 2.45) is 5.10 Å². The third-order valence-electron chi connectivity index (χ3n) is 3.54.